The molecule has 2 aliphatic rings. The average Bonchev–Trinajstić information content (AvgIpc) is 3.23. The molecular weight excluding hydrogens is 384 g/mol. The van der Waals surface area contributed by atoms with Crippen molar-refractivity contribution >= 4 is 28.6 Å². The first-order valence-electron chi connectivity index (χ1n) is 10.2. The maximum absolute atomic E-state index is 13.1. The van der Waals surface area contributed by atoms with E-state index in [2.05, 4.69) is 25.6 Å². The molecule has 9 heteroatoms. The topological polar surface area (TPSA) is 104 Å². The molecule has 5 rings (SSSR count). The molecule has 30 heavy (non-hydrogen) atoms. The molecule has 2 aromatic heterocycles. The Morgan fingerprint density at radius 1 is 1.33 bits per heavy atom. The Morgan fingerprint density at radius 3 is 3.03 bits per heavy atom. The third-order valence-corrected chi connectivity index (χ3v) is 5.76. The fraction of sp³-hybridized carbons (Fsp3) is 0.381. The predicted octanol–water partition coefficient (Wildman–Crippen LogP) is 1.99. The Morgan fingerprint density at radius 2 is 2.20 bits per heavy atom. The molecule has 0 bridgehead atoms. The highest BCUT2D eigenvalue weighted by molar-refractivity contribution is 6.09. The number of aliphatic hydroxyl groups excluding tert-OH is 1. The lowest BCUT2D eigenvalue weighted by Crippen LogP contribution is -2.35. The van der Waals surface area contributed by atoms with Gasteiger partial charge in [0.1, 0.15) is 17.9 Å². The molecule has 1 amide bonds. The number of carbonyl (C=O) groups excluding carboxylic acids is 1. The van der Waals surface area contributed by atoms with E-state index in [-0.39, 0.29) is 12.5 Å². The van der Waals surface area contributed by atoms with Crippen molar-refractivity contribution in [1.82, 2.24) is 14.6 Å². The molecule has 0 unspecified atom stereocenters. The normalized spacial score (nSPS) is 16.6. The zero-order valence-corrected chi connectivity index (χ0v) is 16.5. The first kappa shape index (κ1) is 18.7. The van der Waals surface area contributed by atoms with Crippen LogP contribution in [-0.2, 0) is 0 Å². The molecule has 9 nitrogen and oxygen atoms in total. The van der Waals surface area contributed by atoms with Gasteiger partial charge in [-0.2, -0.15) is 5.10 Å². The van der Waals surface area contributed by atoms with Crippen molar-refractivity contribution in [2.45, 2.75) is 12.8 Å². The number of fused-ring (bicyclic) bond motifs is 2. The van der Waals surface area contributed by atoms with Crippen LogP contribution < -0.4 is 20.3 Å². The van der Waals surface area contributed by atoms with Crippen LogP contribution in [0.4, 0.5) is 17.1 Å². The van der Waals surface area contributed by atoms with Crippen molar-refractivity contribution in [3.63, 3.8) is 0 Å². The largest absolute Gasteiger partial charge is 0.490 e. The molecule has 3 N–H and O–H groups in total. The summed E-state index contributed by atoms with van der Waals surface area (Å²) >= 11 is 0. The minimum atomic E-state index is -0.258. The Balaban J connectivity index is 1.47. The van der Waals surface area contributed by atoms with E-state index in [1.54, 1.807) is 23.0 Å². The van der Waals surface area contributed by atoms with E-state index < -0.39 is 0 Å². The molecule has 0 radical (unpaired) electrons. The third kappa shape index (κ3) is 3.41. The molecule has 1 saturated heterocycles. The van der Waals surface area contributed by atoms with Gasteiger partial charge < -0.3 is 25.4 Å². The van der Waals surface area contributed by atoms with Gasteiger partial charge >= 0.3 is 0 Å². The SMILES string of the molecule is O=C(Nc1cc2c(cc1N1CCC(CO)CC1)OCCN2)c1cnn2cccnc12. The molecule has 3 aromatic rings. The number of carbonyl (C=O) groups is 1. The van der Waals surface area contributed by atoms with Gasteiger partial charge in [-0.15, -0.1) is 0 Å². The molecule has 0 saturated carbocycles. The summed E-state index contributed by atoms with van der Waals surface area (Å²) < 4.78 is 7.40. The van der Waals surface area contributed by atoms with E-state index in [1.807, 2.05) is 12.1 Å². The van der Waals surface area contributed by atoms with Crippen LogP contribution in [0.5, 0.6) is 5.75 Å². The summed E-state index contributed by atoms with van der Waals surface area (Å²) in [6.07, 6.45) is 6.76. The number of amides is 1. The van der Waals surface area contributed by atoms with Gasteiger partial charge in [-0.3, -0.25) is 4.79 Å². The average molecular weight is 408 g/mol. The lowest BCUT2D eigenvalue weighted by molar-refractivity contribution is 0.102. The fourth-order valence-corrected chi connectivity index (χ4v) is 4.07. The zero-order valence-electron chi connectivity index (χ0n) is 16.5. The van der Waals surface area contributed by atoms with Gasteiger partial charge in [-0.05, 0) is 30.9 Å². The molecular formula is C21H24N6O3. The number of hydrogen-bond acceptors (Lipinski definition) is 7. The van der Waals surface area contributed by atoms with Gasteiger partial charge in [0.25, 0.3) is 5.91 Å². The summed E-state index contributed by atoms with van der Waals surface area (Å²) in [6, 6.07) is 5.69. The van der Waals surface area contributed by atoms with Gasteiger partial charge in [0.2, 0.25) is 0 Å². The van der Waals surface area contributed by atoms with E-state index >= 15 is 0 Å². The summed E-state index contributed by atoms with van der Waals surface area (Å²) in [5.41, 5.74) is 3.44. The number of ether oxygens (including phenoxy) is 1. The van der Waals surface area contributed by atoms with Crippen LogP contribution in [0.2, 0.25) is 0 Å². The summed E-state index contributed by atoms with van der Waals surface area (Å²) in [6.45, 7) is 3.19. The van der Waals surface area contributed by atoms with Crippen LogP contribution in [0.1, 0.15) is 23.2 Å². The van der Waals surface area contributed by atoms with Gasteiger partial charge in [-0.25, -0.2) is 9.50 Å². The number of rotatable bonds is 4. The van der Waals surface area contributed by atoms with Gasteiger partial charge in [0.05, 0.1) is 23.3 Å². The lowest BCUT2D eigenvalue weighted by atomic mass is 9.97. The van der Waals surface area contributed by atoms with Crippen LogP contribution in [0, 0.1) is 5.92 Å². The van der Waals surface area contributed by atoms with Gasteiger partial charge in [0, 0.05) is 44.7 Å². The summed E-state index contributed by atoms with van der Waals surface area (Å²) in [4.78, 5) is 19.6. The lowest BCUT2D eigenvalue weighted by Gasteiger charge is -2.35. The van der Waals surface area contributed by atoms with E-state index in [4.69, 9.17) is 4.74 Å². The number of anilines is 3. The first-order valence-corrected chi connectivity index (χ1v) is 10.2. The van der Waals surface area contributed by atoms with E-state index in [9.17, 15) is 9.90 Å². The van der Waals surface area contributed by atoms with E-state index in [0.29, 0.717) is 23.7 Å². The number of nitrogens with zero attached hydrogens (tertiary/aromatic N) is 4. The molecule has 1 fully saturated rings. The minimum Gasteiger partial charge on any atom is -0.490 e. The Hall–Kier alpha value is -3.33. The van der Waals surface area contributed by atoms with Crippen molar-refractivity contribution in [2.24, 2.45) is 5.92 Å². The highest BCUT2D eigenvalue weighted by atomic mass is 16.5. The summed E-state index contributed by atoms with van der Waals surface area (Å²) in [7, 11) is 0. The Kier molecular flexibility index (Phi) is 4.88. The minimum absolute atomic E-state index is 0.219. The fourth-order valence-electron chi connectivity index (χ4n) is 4.07. The van der Waals surface area contributed by atoms with E-state index in [1.165, 1.54) is 6.20 Å². The number of aromatic nitrogens is 3. The van der Waals surface area contributed by atoms with Crippen molar-refractivity contribution in [3.05, 3.63) is 42.4 Å². The molecule has 0 spiro atoms. The molecule has 1 aromatic carbocycles. The molecule has 0 aliphatic carbocycles. The van der Waals surface area contributed by atoms with Gasteiger partial charge in [-0.1, -0.05) is 0 Å². The molecule has 0 atom stereocenters. The van der Waals surface area contributed by atoms with Crippen molar-refractivity contribution in [2.75, 3.05) is 48.4 Å². The molecule has 2 aliphatic heterocycles. The third-order valence-electron chi connectivity index (χ3n) is 5.76. The van der Waals surface area contributed by atoms with Crippen LogP contribution in [0.15, 0.2) is 36.8 Å². The van der Waals surface area contributed by atoms with Crippen molar-refractivity contribution in [3.8, 4) is 5.75 Å². The van der Waals surface area contributed by atoms with Crippen LogP contribution in [-0.4, -0.2) is 58.5 Å². The van der Waals surface area contributed by atoms with Gasteiger partial charge in [0.15, 0.2) is 5.65 Å². The van der Waals surface area contributed by atoms with E-state index in [0.717, 1.165) is 55.3 Å². The van der Waals surface area contributed by atoms with Crippen LogP contribution in [0.25, 0.3) is 5.65 Å². The first-order chi connectivity index (χ1) is 14.7. The van der Waals surface area contributed by atoms with Crippen molar-refractivity contribution in [1.29, 1.82) is 0 Å². The van der Waals surface area contributed by atoms with Crippen molar-refractivity contribution < 1.29 is 14.6 Å². The second-order valence-corrected chi connectivity index (χ2v) is 7.65. The highest BCUT2D eigenvalue weighted by Crippen LogP contribution is 2.40. The summed E-state index contributed by atoms with van der Waals surface area (Å²) in [5, 5.41) is 20.1. The quantitative estimate of drug-likeness (QED) is 0.607. The monoisotopic (exact) mass is 408 g/mol. The summed E-state index contributed by atoms with van der Waals surface area (Å²) in [5.74, 6) is 0.864. The Bertz CT molecular complexity index is 1070. The Labute approximate surface area is 173 Å². The molecule has 4 heterocycles. The maximum Gasteiger partial charge on any atom is 0.261 e. The maximum atomic E-state index is 13.1. The second-order valence-electron chi connectivity index (χ2n) is 7.65. The number of nitrogens with one attached hydrogen (secondary N) is 2. The predicted molar refractivity (Wildman–Crippen MR) is 113 cm³/mol. The van der Waals surface area contributed by atoms with Crippen LogP contribution in [0.3, 0.4) is 0 Å². The number of aliphatic hydroxyl groups is 1. The highest BCUT2D eigenvalue weighted by Gasteiger charge is 2.25. The number of benzene rings is 1. The standard InChI is InChI=1S/C21H24N6O3/c28-13-14-2-7-26(8-3-14)18-11-19-17(22-5-9-30-19)10-16(18)25-21(29)15-12-24-27-6-1-4-23-20(15)27/h1,4,6,10-12,14,22,28H,2-3,5,7-9,13H2,(H,25,29). The molecule has 156 valence electrons. The second kappa shape index (κ2) is 7.83. The number of hydrogen-bond donors (Lipinski definition) is 3. The number of piperidine rings is 1. The zero-order chi connectivity index (χ0) is 20.5. The smallest absolute Gasteiger partial charge is 0.261 e. The van der Waals surface area contributed by atoms with Crippen LogP contribution >= 0.6 is 0 Å².